The van der Waals surface area contributed by atoms with Gasteiger partial charge in [-0.05, 0) is 23.6 Å². The minimum absolute atomic E-state index is 0.209. The number of nitrogens with one attached hydrogen (secondary N) is 2. The predicted molar refractivity (Wildman–Crippen MR) is 85.3 cm³/mol. The minimum Gasteiger partial charge on any atom is -0.385 e. The van der Waals surface area contributed by atoms with E-state index in [1.807, 2.05) is 0 Å². The summed E-state index contributed by atoms with van der Waals surface area (Å²) in [7, 11) is 0. The van der Waals surface area contributed by atoms with Crippen LogP contribution < -0.4 is 10.6 Å². The lowest BCUT2D eigenvalue weighted by Gasteiger charge is -2.41. The van der Waals surface area contributed by atoms with Crippen LogP contribution in [0, 0.1) is 0 Å². The van der Waals surface area contributed by atoms with E-state index in [4.69, 9.17) is 0 Å². The lowest BCUT2D eigenvalue weighted by Crippen LogP contribution is -2.62. The Kier molecular flexibility index (Phi) is 3.64. The van der Waals surface area contributed by atoms with Crippen molar-refractivity contribution in [1.29, 1.82) is 0 Å². The predicted octanol–water partition coefficient (Wildman–Crippen LogP) is -1.18. The van der Waals surface area contributed by atoms with Crippen LogP contribution in [0.3, 0.4) is 0 Å². The third-order valence-electron chi connectivity index (χ3n) is 5.23. The van der Waals surface area contributed by atoms with Crippen molar-refractivity contribution in [3.05, 3.63) is 34.9 Å². The Morgan fingerprint density at radius 2 is 2.00 bits per heavy atom. The molecule has 0 aromatic heterocycles. The average Bonchev–Trinajstić information content (AvgIpc) is 2.88. The number of nitrogens with zero attached hydrogens (tertiary/aromatic N) is 1. The Bertz CT molecular complexity index is 774. The van der Waals surface area contributed by atoms with Gasteiger partial charge in [0.25, 0.3) is 5.91 Å². The van der Waals surface area contributed by atoms with Crippen LogP contribution in [-0.4, -0.2) is 57.6 Å². The maximum atomic E-state index is 12.6. The van der Waals surface area contributed by atoms with Crippen LogP contribution >= 0.6 is 0 Å². The van der Waals surface area contributed by atoms with E-state index in [1.165, 1.54) is 4.90 Å². The minimum atomic E-state index is -1.19. The summed E-state index contributed by atoms with van der Waals surface area (Å²) in [5.74, 6) is -1.03. The second kappa shape index (κ2) is 5.62. The number of fused-ring (bicyclic) bond motifs is 1. The van der Waals surface area contributed by atoms with Crippen LogP contribution in [-0.2, 0) is 16.1 Å². The summed E-state index contributed by atoms with van der Waals surface area (Å²) in [4.78, 5) is 37.4. The molecular formula is C17H19N3O5. The quantitative estimate of drug-likeness (QED) is 0.512. The summed E-state index contributed by atoms with van der Waals surface area (Å²) >= 11 is 0. The first-order valence-electron chi connectivity index (χ1n) is 8.28. The number of imide groups is 1. The standard InChI is InChI=1S/C17H19N3O5/c21-13-4-3-12(15(23)19-13)20-6-10-5-9(1-2-11(10)16(20)24)14(22)17(25)7-18-8-17/h1-2,5,12,14,18,22,25H,3-4,6-8H2,(H,19,21,23). The molecule has 4 N–H and O–H groups in total. The molecule has 25 heavy (non-hydrogen) atoms. The number of β-amino-alcohol motifs (C(OH)–C–C–N with tert-alkyl or cyclic N) is 1. The van der Waals surface area contributed by atoms with Crippen LogP contribution in [0.4, 0.5) is 0 Å². The zero-order valence-electron chi connectivity index (χ0n) is 13.5. The molecule has 0 saturated carbocycles. The molecule has 132 valence electrons. The van der Waals surface area contributed by atoms with Crippen LogP contribution in [0.15, 0.2) is 18.2 Å². The van der Waals surface area contributed by atoms with Crippen LogP contribution in [0.5, 0.6) is 0 Å². The van der Waals surface area contributed by atoms with Gasteiger partial charge in [-0.2, -0.15) is 0 Å². The molecule has 3 heterocycles. The summed E-state index contributed by atoms with van der Waals surface area (Å²) in [6.07, 6.45) is -0.523. The van der Waals surface area contributed by atoms with E-state index in [0.717, 1.165) is 0 Å². The molecule has 2 atom stereocenters. The zero-order chi connectivity index (χ0) is 17.8. The number of carbonyl (C=O) groups is 3. The zero-order valence-corrected chi connectivity index (χ0v) is 13.5. The average molecular weight is 345 g/mol. The highest BCUT2D eigenvalue weighted by Crippen LogP contribution is 2.33. The SMILES string of the molecule is O=C1CCC(N2Cc3cc(C(O)C4(O)CNC4)ccc3C2=O)C(=O)N1. The molecule has 3 amide bonds. The molecule has 0 aliphatic carbocycles. The Balaban J connectivity index is 1.57. The molecular weight excluding hydrogens is 326 g/mol. The first-order valence-corrected chi connectivity index (χ1v) is 8.28. The number of benzene rings is 1. The van der Waals surface area contributed by atoms with E-state index < -0.39 is 23.7 Å². The van der Waals surface area contributed by atoms with Gasteiger partial charge in [0.2, 0.25) is 11.8 Å². The highest BCUT2D eigenvalue weighted by atomic mass is 16.3. The lowest BCUT2D eigenvalue weighted by molar-refractivity contribution is -0.136. The molecule has 0 spiro atoms. The highest BCUT2D eigenvalue weighted by molar-refractivity contribution is 6.05. The molecule has 3 aliphatic rings. The second-order valence-corrected chi connectivity index (χ2v) is 6.93. The first kappa shape index (κ1) is 16.2. The number of aliphatic hydroxyl groups is 2. The largest absolute Gasteiger partial charge is 0.385 e. The molecule has 3 aliphatic heterocycles. The van der Waals surface area contributed by atoms with Gasteiger partial charge in [0, 0.05) is 31.6 Å². The van der Waals surface area contributed by atoms with Gasteiger partial charge >= 0.3 is 0 Å². The van der Waals surface area contributed by atoms with Crippen molar-refractivity contribution < 1.29 is 24.6 Å². The van der Waals surface area contributed by atoms with Gasteiger partial charge in [-0.1, -0.05) is 12.1 Å². The summed E-state index contributed by atoms with van der Waals surface area (Å²) in [6.45, 7) is 0.872. The number of amides is 3. The molecule has 8 heteroatoms. The molecule has 1 aromatic rings. The van der Waals surface area contributed by atoms with Crippen molar-refractivity contribution in [3.63, 3.8) is 0 Å². The fourth-order valence-electron chi connectivity index (χ4n) is 3.65. The fourth-order valence-corrected chi connectivity index (χ4v) is 3.65. The Hall–Kier alpha value is -2.29. The van der Waals surface area contributed by atoms with E-state index in [-0.39, 0.29) is 24.8 Å². The summed E-state index contributed by atoms with van der Waals surface area (Å²) in [6, 6.07) is 4.30. The molecule has 4 rings (SSSR count). The van der Waals surface area contributed by atoms with E-state index in [2.05, 4.69) is 10.6 Å². The maximum absolute atomic E-state index is 12.6. The number of piperidine rings is 1. The van der Waals surface area contributed by atoms with Gasteiger partial charge in [0.1, 0.15) is 17.7 Å². The smallest absolute Gasteiger partial charge is 0.255 e. The molecule has 0 bridgehead atoms. The van der Waals surface area contributed by atoms with Gasteiger partial charge < -0.3 is 20.4 Å². The van der Waals surface area contributed by atoms with Gasteiger partial charge in [-0.15, -0.1) is 0 Å². The van der Waals surface area contributed by atoms with Gasteiger partial charge in [-0.3, -0.25) is 19.7 Å². The number of hydrogen-bond donors (Lipinski definition) is 4. The van der Waals surface area contributed by atoms with Crippen molar-refractivity contribution in [2.24, 2.45) is 0 Å². The molecule has 2 saturated heterocycles. The van der Waals surface area contributed by atoms with E-state index in [1.54, 1.807) is 18.2 Å². The molecule has 2 unspecified atom stereocenters. The normalized spacial score (nSPS) is 26.1. The summed E-state index contributed by atoms with van der Waals surface area (Å²) in [5.41, 5.74) is 0.544. The maximum Gasteiger partial charge on any atom is 0.255 e. The summed E-state index contributed by atoms with van der Waals surface area (Å²) in [5, 5.41) is 25.9. The highest BCUT2D eigenvalue weighted by Gasteiger charge is 2.43. The summed E-state index contributed by atoms with van der Waals surface area (Å²) < 4.78 is 0. The fraction of sp³-hybridized carbons (Fsp3) is 0.471. The van der Waals surface area contributed by atoms with E-state index >= 15 is 0 Å². The Morgan fingerprint density at radius 1 is 1.24 bits per heavy atom. The van der Waals surface area contributed by atoms with Crippen LogP contribution in [0.25, 0.3) is 0 Å². The van der Waals surface area contributed by atoms with Crippen molar-refractivity contribution >= 4 is 17.7 Å². The van der Waals surface area contributed by atoms with E-state index in [0.29, 0.717) is 36.2 Å². The van der Waals surface area contributed by atoms with Crippen molar-refractivity contribution in [3.8, 4) is 0 Å². The third kappa shape index (κ3) is 2.53. The van der Waals surface area contributed by atoms with Crippen LogP contribution in [0.2, 0.25) is 0 Å². The second-order valence-electron chi connectivity index (χ2n) is 6.93. The Labute approximate surface area is 143 Å². The monoisotopic (exact) mass is 345 g/mol. The lowest BCUT2D eigenvalue weighted by atomic mass is 9.85. The molecule has 8 nitrogen and oxygen atoms in total. The van der Waals surface area contributed by atoms with Crippen molar-refractivity contribution in [1.82, 2.24) is 15.5 Å². The first-order chi connectivity index (χ1) is 11.9. The van der Waals surface area contributed by atoms with Crippen molar-refractivity contribution in [2.45, 2.75) is 37.1 Å². The number of rotatable bonds is 3. The molecule has 1 aromatic carbocycles. The van der Waals surface area contributed by atoms with Crippen molar-refractivity contribution in [2.75, 3.05) is 13.1 Å². The molecule has 2 fully saturated rings. The van der Waals surface area contributed by atoms with Gasteiger partial charge in [-0.25, -0.2) is 0 Å². The van der Waals surface area contributed by atoms with Gasteiger partial charge in [0.05, 0.1) is 0 Å². The van der Waals surface area contributed by atoms with Crippen LogP contribution in [0.1, 0.15) is 40.4 Å². The number of hydrogen-bond acceptors (Lipinski definition) is 6. The topological polar surface area (TPSA) is 119 Å². The number of aliphatic hydroxyl groups excluding tert-OH is 1. The molecule has 0 radical (unpaired) electrons. The Morgan fingerprint density at radius 3 is 2.64 bits per heavy atom. The number of carbonyl (C=O) groups excluding carboxylic acids is 3. The third-order valence-corrected chi connectivity index (χ3v) is 5.23. The van der Waals surface area contributed by atoms with E-state index in [9.17, 15) is 24.6 Å². The van der Waals surface area contributed by atoms with Gasteiger partial charge in [0.15, 0.2) is 0 Å².